The second kappa shape index (κ2) is 10.1. The zero-order chi connectivity index (χ0) is 22.8. The Kier molecular flexibility index (Phi) is 7.44. The molecule has 0 N–H and O–H groups in total. The van der Waals surface area contributed by atoms with E-state index in [2.05, 4.69) is 20.6 Å². The van der Waals surface area contributed by atoms with E-state index in [0.29, 0.717) is 20.6 Å². The standard InChI is InChI=1S/C22H19Cl3N4OS2/c1-28(2)22(30)16-5-3-14(11-18(16)25)21-27-26-20(31-21)13-7-9-29(10-8-13)32-19-12-15(23)4-6-17(19)24/h3-7,11-12H,8-10H2,1-2H3. The van der Waals surface area contributed by atoms with Gasteiger partial charge in [0.25, 0.3) is 5.91 Å². The van der Waals surface area contributed by atoms with Gasteiger partial charge in [-0.15, -0.1) is 10.2 Å². The van der Waals surface area contributed by atoms with Gasteiger partial charge in [0.05, 0.1) is 15.6 Å². The fourth-order valence-electron chi connectivity index (χ4n) is 3.15. The van der Waals surface area contributed by atoms with Gasteiger partial charge in [-0.25, -0.2) is 4.31 Å². The fourth-order valence-corrected chi connectivity index (χ4v) is 5.72. The van der Waals surface area contributed by atoms with Gasteiger partial charge in [0.15, 0.2) is 0 Å². The lowest BCUT2D eigenvalue weighted by molar-refractivity contribution is 0.0828. The van der Waals surface area contributed by atoms with E-state index in [-0.39, 0.29) is 5.91 Å². The zero-order valence-electron chi connectivity index (χ0n) is 17.3. The minimum absolute atomic E-state index is 0.131. The maximum atomic E-state index is 12.2. The highest BCUT2D eigenvalue weighted by Crippen LogP contribution is 2.36. The smallest absolute Gasteiger partial charge is 0.254 e. The molecule has 1 aliphatic rings. The molecule has 4 rings (SSSR count). The quantitative estimate of drug-likeness (QED) is 0.348. The number of halogens is 3. The first-order valence-electron chi connectivity index (χ1n) is 9.74. The normalized spacial score (nSPS) is 14.3. The van der Waals surface area contributed by atoms with Crippen LogP contribution < -0.4 is 0 Å². The molecule has 0 aliphatic carbocycles. The first kappa shape index (κ1) is 23.5. The van der Waals surface area contributed by atoms with Crippen LogP contribution in [0.5, 0.6) is 0 Å². The summed E-state index contributed by atoms with van der Waals surface area (Å²) >= 11 is 21.9. The van der Waals surface area contributed by atoms with Crippen LogP contribution in [0.3, 0.4) is 0 Å². The molecular weight excluding hydrogens is 507 g/mol. The van der Waals surface area contributed by atoms with Crippen molar-refractivity contribution >= 4 is 69.6 Å². The number of carbonyl (C=O) groups excluding carboxylic acids is 1. The second-order valence-corrected chi connectivity index (χ2v) is 10.7. The van der Waals surface area contributed by atoms with Crippen molar-refractivity contribution < 1.29 is 4.79 Å². The lowest BCUT2D eigenvalue weighted by atomic mass is 10.1. The van der Waals surface area contributed by atoms with E-state index in [1.807, 2.05) is 18.2 Å². The highest BCUT2D eigenvalue weighted by atomic mass is 35.5. The van der Waals surface area contributed by atoms with Crippen molar-refractivity contribution in [1.29, 1.82) is 0 Å². The molecule has 1 aliphatic heterocycles. The molecule has 0 unspecified atom stereocenters. The summed E-state index contributed by atoms with van der Waals surface area (Å²) in [5.74, 6) is -0.131. The number of nitrogens with zero attached hydrogens (tertiary/aromatic N) is 4. The van der Waals surface area contributed by atoms with Crippen LogP contribution in [0.2, 0.25) is 15.1 Å². The molecule has 32 heavy (non-hydrogen) atoms. The lowest BCUT2D eigenvalue weighted by Gasteiger charge is -2.24. The van der Waals surface area contributed by atoms with E-state index in [9.17, 15) is 4.79 Å². The van der Waals surface area contributed by atoms with Gasteiger partial charge in [-0.05, 0) is 54.3 Å². The topological polar surface area (TPSA) is 49.3 Å². The Bertz CT molecular complexity index is 1200. The summed E-state index contributed by atoms with van der Waals surface area (Å²) in [6.07, 6.45) is 3.03. The fraction of sp³-hybridized carbons (Fsp3) is 0.227. The molecule has 0 spiro atoms. The van der Waals surface area contributed by atoms with Crippen molar-refractivity contribution in [1.82, 2.24) is 19.4 Å². The monoisotopic (exact) mass is 524 g/mol. The summed E-state index contributed by atoms with van der Waals surface area (Å²) < 4.78 is 2.24. The van der Waals surface area contributed by atoms with Crippen molar-refractivity contribution in [2.45, 2.75) is 11.3 Å². The van der Waals surface area contributed by atoms with Gasteiger partial charge in [0, 0.05) is 42.7 Å². The van der Waals surface area contributed by atoms with Crippen LogP contribution in [0.15, 0.2) is 47.4 Å². The second-order valence-electron chi connectivity index (χ2n) is 7.34. The van der Waals surface area contributed by atoms with E-state index in [4.69, 9.17) is 34.8 Å². The molecule has 0 saturated heterocycles. The third kappa shape index (κ3) is 5.30. The largest absolute Gasteiger partial charge is 0.345 e. The van der Waals surface area contributed by atoms with Crippen LogP contribution in [0.25, 0.3) is 16.1 Å². The average molecular weight is 526 g/mol. The summed E-state index contributed by atoms with van der Waals surface area (Å²) in [7, 11) is 3.40. The molecule has 1 amide bonds. The van der Waals surface area contributed by atoms with Crippen molar-refractivity contribution in [2.75, 3.05) is 27.2 Å². The van der Waals surface area contributed by atoms with E-state index in [1.165, 1.54) is 21.8 Å². The number of rotatable bonds is 5. The molecule has 0 atom stereocenters. The number of hydrogen-bond donors (Lipinski definition) is 0. The van der Waals surface area contributed by atoms with Gasteiger partial charge in [-0.2, -0.15) is 0 Å². The first-order valence-corrected chi connectivity index (χ1v) is 12.5. The van der Waals surface area contributed by atoms with Crippen LogP contribution in [0, 0.1) is 0 Å². The van der Waals surface area contributed by atoms with E-state index in [1.54, 1.807) is 44.2 Å². The summed E-state index contributed by atoms with van der Waals surface area (Å²) in [5.41, 5.74) is 2.49. The van der Waals surface area contributed by atoms with Crippen LogP contribution in [0.1, 0.15) is 21.8 Å². The molecular formula is C22H19Cl3N4OS2. The Hall–Kier alpha value is -1.61. The van der Waals surface area contributed by atoms with Crippen molar-refractivity contribution in [3.63, 3.8) is 0 Å². The predicted octanol–water partition coefficient (Wildman–Crippen LogP) is 6.66. The first-order chi connectivity index (χ1) is 15.3. The van der Waals surface area contributed by atoms with Crippen LogP contribution >= 0.6 is 58.1 Å². The van der Waals surface area contributed by atoms with E-state index < -0.39 is 0 Å². The van der Waals surface area contributed by atoms with Crippen LogP contribution in [-0.4, -0.2) is 52.5 Å². The van der Waals surface area contributed by atoms with Crippen LogP contribution in [-0.2, 0) is 0 Å². The van der Waals surface area contributed by atoms with Crippen LogP contribution in [0.4, 0.5) is 0 Å². The Labute approximate surface area is 210 Å². The van der Waals surface area contributed by atoms with Gasteiger partial charge in [-0.3, -0.25) is 4.79 Å². The Morgan fingerprint density at radius 1 is 1.06 bits per heavy atom. The SMILES string of the molecule is CN(C)C(=O)c1ccc(-c2nnc(C3=CCN(Sc4cc(Cl)ccc4Cl)CC3)s2)cc1Cl. The Balaban J connectivity index is 1.46. The number of aromatic nitrogens is 2. The predicted molar refractivity (Wildman–Crippen MR) is 135 cm³/mol. The minimum Gasteiger partial charge on any atom is -0.345 e. The number of hydrogen-bond acceptors (Lipinski definition) is 6. The maximum Gasteiger partial charge on any atom is 0.254 e. The molecule has 0 saturated carbocycles. The van der Waals surface area contributed by atoms with Gasteiger partial charge >= 0.3 is 0 Å². The third-order valence-corrected chi connectivity index (χ3v) is 8.01. The lowest BCUT2D eigenvalue weighted by Crippen LogP contribution is -2.21. The number of benzene rings is 2. The summed E-state index contributed by atoms with van der Waals surface area (Å²) in [5, 5.41) is 12.2. The summed E-state index contributed by atoms with van der Waals surface area (Å²) in [6.45, 7) is 1.63. The number of amides is 1. The molecule has 0 bridgehead atoms. The summed E-state index contributed by atoms with van der Waals surface area (Å²) in [6, 6.07) is 10.8. The van der Waals surface area contributed by atoms with Gasteiger partial charge in [0.1, 0.15) is 10.0 Å². The molecule has 2 aromatic carbocycles. The molecule has 166 valence electrons. The molecule has 0 fully saturated rings. The summed E-state index contributed by atoms with van der Waals surface area (Å²) in [4.78, 5) is 14.6. The average Bonchev–Trinajstić information content (AvgIpc) is 3.26. The van der Waals surface area contributed by atoms with Gasteiger partial charge < -0.3 is 4.90 Å². The molecule has 5 nitrogen and oxygen atoms in total. The Morgan fingerprint density at radius 2 is 1.84 bits per heavy atom. The van der Waals surface area contributed by atoms with Crippen molar-refractivity contribution in [3.8, 4) is 10.6 Å². The van der Waals surface area contributed by atoms with E-state index in [0.717, 1.165) is 40.0 Å². The molecule has 1 aromatic heterocycles. The van der Waals surface area contributed by atoms with Crippen molar-refractivity contribution in [3.05, 3.63) is 68.1 Å². The highest BCUT2D eigenvalue weighted by molar-refractivity contribution is 7.97. The van der Waals surface area contributed by atoms with Gasteiger partial charge in [-0.1, -0.05) is 58.3 Å². The molecule has 3 aromatic rings. The number of carbonyl (C=O) groups is 1. The minimum atomic E-state index is -0.131. The molecule has 0 radical (unpaired) electrons. The third-order valence-electron chi connectivity index (χ3n) is 4.84. The van der Waals surface area contributed by atoms with Gasteiger partial charge in [0.2, 0.25) is 0 Å². The molecule has 2 heterocycles. The highest BCUT2D eigenvalue weighted by Gasteiger charge is 2.19. The maximum absolute atomic E-state index is 12.2. The zero-order valence-corrected chi connectivity index (χ0v) is 21.2. The Morgan fingerprint density at radius 3 is 2.53 bits per heavy atom. The van der Waals surface area contributed by atoms with Crippen molar-refractivity contribution in [2.24, 2.45) is 0 Å². The molecule has 10 heteroatoms. The van der Waals surface area contributed by atoms with E-state index >= 15 is 0 Å².